The third-order valence-electron chi connectivity index (χ3n) is 5.70. The molecule has 0 amide bonds. The number of H-pyrrole nitrogens is 1. The number of nitrogens with zero attached hydrogens (tertiary/aromatic N) is 2. The Bertz CT molecular complexity index is 1020. The zero-order chi connectivity index (χ0) is 19.0. The molecular weight excluding hydrogens is 338 g/mol. The lowest BCUT2D eigenvalue weighted by atomic mass is 9.94. The highest BCUT2D eigenvalue weighted by atomic mass is 16.3. The minimum absolute atomic E-state index is 0.100. The van der Waals surface area contributed by atoms with E-state index in [0.717, 1.165) is 40.7 Å². The Morgan fingerprint density at radius 2 is 2.04 bits per heavy atom. The molecule has 0 spiro atoms. The fraction of sp³-hybridized carbons (Fsp3) is 0.364. The van der Waals surface area contributed by atoms with E-state index in [1.807, 2.05) is 38.2 Å². The summed E-state index contributed by atoms with van der Waals surface area (Å²) < 4.78 is 0. The molecule has 3 aromatic rings. The lowest BCUT2D eigenvalue weighted by Crippen LogP contribution is -2.24. The summed E-state index contributed by atoms with van der Waals surface area (Å²) in [5, 5.41) is 11.8. The molecular formula is C22H25N3O2. The van der Waals surface area contributed by atoms with Gasteiger partial charge < -0.3 is 10.1 Å². The summed E-state index contributed by atoms with van der Waals surface area (Å²) in [6, 6.07) is 10.2. The van der Waals surface area contributed by atoms with Crippen molar-refractivity contribution >= 4 is 10.9 Å². The number of β-amino-alcohol motifs (C(OH)–C–C–N with tert-alkyl or cyclic N) is 1. The van der Waals surface area contributed by atoms with Crippen molar-refractivity contribution in [3.8, 4) is 0 Å². The lowest BCUT2D eigenvalue weighted by molar-refractivity contribution is 0.141. The SMILES string of the molecule is Cc1c[nH]c(CN2C[C@@H](Cc3ccnc4ccccc34)[C@H](O)C2)c(C)c1=O. The van der Waals surface area contributed by atoms with Gasteiger partial charge in [-0.25, -0.2) is 0 Å². The van der Waals surface area contributed by atoms with Crippen molar-refractivity contribution in [1.29, 1.82) is 0 Å². The normalized spacial score (nSPS) is 20.4. The number of rotatable bonds is 4. The van der Waals surface area contributed by atoms with Crippen molar-refractivity contribution in [3.05, 3.63) is 75.3 Å². The van der Waals surface area contributed by atoms with Crippen LogP contribution in [0.25, 0.3) is 10.9 Å². The first-order chi connectivity index (χ1) is 13.0. The minimum Gasteiger partial charge on any atom is -0.391 e. The number of aromatic nitrogens is 2. The molecule has 0 aliphatic carbocycles. The summed E-state index contributed by atoms with van der Waals surface area (Å²) in [5.74, 6) is 0.174. The Labute approximate surface area is 158 Å². The van der Waals surface area contributed by atoms with Crippen molar-refractivity contribution < 1.29 is 5.11 Å². The topological polar surface area (TPSA) is 69.2 Å². The van der Waals surface area contributed by atoms with E-state index in [4.69, 9.17) is 0 Å². The Balaban J connectivity index is 1.50. The lowest BCUT2D eigenvalue weighted by Gasteiger charge is -2.17. The molecule has 1 aromatic carbocycles. The van der Waals surface area contributed by atoms with Crippen LogP contribution in [0.5, 0.6) is 0 Å². The average Bonchev–Trinajstić information content (AvgIpc) is 3.01. The van der Waals surface area contributed by atoms with E-state index < -0.39 is 0 Å². The highest BCUT2D eigenvalue weighted by Gasteiger charge is 2.32. The van der Waals surface area contributed by atoms with Gasteiger partial charge in [0.25, 0.3) is 0 Å². The molecule has 27 heavy (non-hydrogen) atoms. The van der Waals surface area contributed by atoms with E-state index in [0.29, 0.717) is 13.1 Å². The molecule has 5 nitrogen and oxygen atoms in total. The first-order valence-corrected chi connectivity index (χ1v) is 9.43. The molecule has 0 bridgehead atoms. The molecule has 5 heteroatoms. The molecule has 0 unspecified atom stereocenters. The van der Waals surface area contributed by atoms with Crippen LogP contribution in [0.15, 0.2) is 47.5 Å². The Morgan fingerprint density at radius 3 is 2.89 bits per heavy atom. The van der Waals surface area contributed by atoms with Crippen molar-refractivity contribution in [2.45, 2.75) is 32.9 Å². The number of para-hydroxylation sites is 1. The maximum atomic E-state index is 12.2. The van der Waals surface area contributed by atoms with E-state index in [1.54, 1.807) is 6.20 Å². The van der Waals surface area contributed by atoms with Crippen LogP contribution in [-0.2, 0) is 13.0 Å². The number of nitrogens with one attached hydrogen (secondary N) is 1. The second-order valence-electron chi connectivity index (χ2n) is 7.62. The molecule has 3 heterocycles. The molecule has 140 valence electrons. The molecule has 2 atom stereocenters. The first kappa shape index (κ1) is 17.9. The van der Waals surface area contributed by atoms with Crippen LogP contribution < -0.4 is 5.43 Å². The summed E-state index contributed by atoms with van der Waals surface area (Å²) in [7, 11) is 0. The van der Waals surface area contributed by atoms with Crippen molar-refractivity contribution in [3.63, 3.8) is 0 Å². The summed E-state index contributed by atoms with van der Waals surface area (Å²) in [6.07, 6.45) is 4.08. The number of likely N-dealkylation sites (tertiary alicyclic amines) is 1. The number of pyridine rings is 2. The summed E-state index contributed by atoms with van der Waals surface area (Å²) in [6.45, 7) is 5.79. The van der Waals surface area contributed by atoms with E-state index >= 15 is 0 Å². The molecule has 1 aliphatic rings. The van der Waals surface area contributed by atoms with Gasteiger partial charge in [-0.1, -0.05) is 18.2 Å². The van der Waals surface area contributed by atoms with Gasteiger partial charge in [-0.3, -0.25) is 14.7 Å². The predicted octanol–water partition coefficient (Wildman–Crippen LogP) is 2.58. The van der Waals surface area contributed by atoms with Gasteiger partial charge in [0.05, 0.1) is 11.6 Å². The Morgan fingerprint density at radius 1 is 1.22 bits per heavy atom. The quantitative estimate of drug-likeness (QED) is 0.748. The van der Waals surface area contributed by atoms with Crippen LogP contribution in [0.2, 0.25) is 0 Å². The third-order valence-corrected chi connectivity index (χ3v) is 5.70. The molecule has 1 fully saturated rings. The number of benzene rings is 1. The van der Waals surface area contributed by atoms with E-state index in [2.05, 4.69) is 27.0 Å². The molecule has 0 radical (unpaired) electrons. The second-order valence-corrected chi connectivity index (χ2v) is 7.62. The number of aliphatic hydroxyl groups is 1. The maximum absolute atomic E-state index is 12.2. The summed E-state index contributed by atoms with van der Waals surface area (Å²) in [4.78, 5) is 22.1. The first-order valence-electron chi connectivity index (χ1n) is 9.43. The zero-order valence-electron chi connectivity index (χ0n) is 15.8. The molecule has 4 rings (SSSR count). The van der Waals surface area contributed by atoms with Gasteiger partial charge in [-0.05, 0) is 38.0 Å². The van der Waals surface area contributed by atoms with Gasteiger partial charge in [0.1, 0.15) is 0 Å². The van der Waals surface area contributed by atoms with Gasteiger partial charge in [-0.15, -0.1) is 0 Å². The fourth-order valence-electron chi connectivity index (χ4n) is 4.08. The summed E-state index contributed by atoms with van der Waals surface area (Å²) >= 11 is 0. The van der Waals surface area contributed by atoms with Gasteiger partial charge >= 0.3 is 0 Å². The average molecular weight is 363 g/mol. The number of hydrogen-bond donors (Lipinski definition) is 2. The number of aryl methyl sites for hydroxylation is 1. The van der Waals surface area contributed by atoms with Gasteiger partial charge in [0.15, 0.2) is 5.43 Å². The van der Waals surface area contributed by atoms with E-state index in [-0.39, 0.29) is 17.5 Å². The predicted molar refractivity (Wildman–Crippen MR) is 107 cm³/mol. The van der Waals surface area contributed by atoms with Gasteiger partial charge in [0.2, 0.25) is 0 Å². The second kappa shape index (κ2) is 7.25. The molecule has 1 saturated heterocycles. The Kier molecular flexibility index (Phi) is 4.81. The van der Waals surface area contributed by atoms with Crippen molar-refractivity contribution in [2.24, 2.45) is 5.92 Å². The van der Waals surface area contributed by atoms with E-state index in [1.165, 1.54) is 5.56 Å². The third kappa shape index (κ3) is 3.53. The number of hydrogen-bond acceptors (Lipinski definition) is 4. The minimum atomic E-state index is -0.366. The van der Waals surface area contributed by atoms with Gasteiger partial charge in [-0.2, -0.15) is 0 Å². The molecule has 0 saturated carbocycles. The van der Waals surface area contributed by atoms with Crippen LogP contribution in [0, 0.1) is 19.8 Å². The molecule has 2 aromatic heterocycles. The highest BCUT2D eigenvalue weighted by Crippen LogP contribution is 2.26. The van der Waals surface area contributed by atoms with Crippen LogP contribution in [0.1, 0.15) is 22.4 Å². The number of fused-ring (bicyclic) bond motifs is 1. The van der Waals surface area contributed by atoms with Crippen LogP contribution >= 0.6 is 0 Å². The smallest absolute Gasteiger partial charge is 0.187 e. The standard InChI is InChI=1S/C22H25N3O2/c1-14-10-24-20(15(2)22(14)27)12-25-11-17(21(26)13-25)9-16-7-8-23-19-6-4-3-5-18(16)19/h3-8,10,17,21,26H,9,11-13H2,1-2H3,(H,24,27)/t17-,21-/m1/s1. The maximum Gasteiger partial charge on any atom is 0.187 e. The zero-order valence-corrected chi connectivity index (χ0v) is 15.8. The summed E-state index contributed by atoms with van der Waals surface area (Å²) in [5.41, 5.74) is 4.77. The van der Waals surface area contributed by atoms with E-state index in [9.17, 15) is 9.90 Å². The Hall–Kier alpha value is -2.50. The fourth-order valence-corrected chi connectivity index (χ4v) is 4.08. The van der Waals surface area contributed by atoms with Crippen LogP contribution in [0.4, 0.5) is 0 Å². The largest absolute Gasteiger partial charge is 0.391 e. The highest BCUT2D eigenvalue weighted by molar-refractivity contribution is 5.81. The van der Waals surface area contributed by atoms with Crippen molar-refractivity contribution in [2.75, 3.05) is 13.1 Å². The number of aromatic amines is 1. The van der Waals surface area contributed by atoms with Crippen LogP contribution in [-0.4, -0.2) is 39.2 Å². The molecule has 1 aliphatic heterocycles. The molecule has 2 N–H and O–H groups in total. The van der Waals surface area contributed by atoms with Crippen LogP contribution in [0.3, 0.4) is 0 Å². The number of aliphatic hydroxyl groups excluding tert-OH is 1. The monoisotopic (exact) mass is 363 g/mol. The van der Waals surface area contributed by atoms with Gasteiger partial charge in [0, 0.05) is 60.2 Å². The van der Waals surface area contributed by atoms with Crippen molar-refractivity contribution in [1.82, 2.24) is 14.9 Å².